The van der Waals surface area contributed by atoms with Crippen molar-refractivity contribution in [2.24, 2.45) is 0 Å². The first kappa shape index (κ1) is 24.6. The van der Waals surface area contributed by atoms with Gasteiger partial charge in [-0.05, 0) is 31.4 Å². The highest BCUT2D eigenvalue weighted by atomic mass is 35.5. The summed E-state index contributed by atoms with van der Waals surface area (Å²) >= 11 is 6.07. The lowest BCUT2D eigenvalue weighted by Gasteiger charge is -2.41. The van der Waals surface area contributed by atoms with Crippen LogP contribution in [-0.4, -0.2) is 60.3 Å². The SMILES string of the molecule is CC(=O)OC1C(OC(C)=O)C2(CCC2)O[C@H]1n1cnc2c(Cl)ncnc21.O=C(O)c1ccccc1. The molecule has 1 saturated heterocycles. The standard InChI is InChI=1S/C16H17ClN4O5.C7H6O2/c1-8(22)24-11-12(25-9(2)23)16(4-3-5-16)26-15(11)21-7-20-10-13(17)18-6-19-14(10)21;8-7(9)6-4-2-1-3-5-6/h6-7,11-12,15H,3-5H2,1-2H3;1-5H,(H,8,9)/t11?,12?,15-;/m1./s1. The predicted molar refractivity (Wildman–Crippen MR) is 122 cm³/mol. The van der Waals surface area contributed by atoms with Crippen molar-refractivity contribution in [2.75, 3.05) is 0 Å². The Hall–Kier alpha value is -3.57. The number of aromatic carboxylic acids is 1. The molecule has 1 aromatic carbocycles. The Kier molecular flexibility index (Phi) is 6.99. The Morgan fingerprint density at radius 1 is 1.09 bits per heavy atom. The molecule has 2 aliphatic rings. The third-order valence-corrected chi connectivity index (χ3v) is 6.13. The molecule has 2 unspecified atom stereocenters. The molecule has 1 saturated carbocycles. The van der Waals surface area contributed by atoms with Gasteiger partial charge in [0.1, 0.15) is 17.4 Å². The fourth-order valence-electron chi connectivity index (χ4n) is 4.22. The number of hydrogen-bond donors (Lipinski definition) is 1. The lowest BCUT2D eigenvalue weighted by atomic mass is 9.75. The van der Waals surface area contributed by atoms with Gasteiger partial charge in [0.25, 0.3) is 0 Å². The summed E-state index contributed by atoms with van der Waals surface area (Å²) < 4.78 is 18.9. The molecular formula is C23H23ClN4O7. The number of imidazole rings is 1. The first-order valence-electron chi connectivity index (χ1n) is 10.9. The Labute approximate surface area is 205 Å². The van der Waals surface area contributed by atoms with Crippen LogP contribution in [0.3, 0.4) is 0 Å². The summed E-state index contributed by atoms with van der Waals surface area (Å²) in [6.45, 7) is 2.63. The van der Waals surface area contributed by atoms with Crippen LogP contribution in [0.15, 0.2) is 43.0 Å². The highest BCUT2D eigenvalue weighted by Gasteiger charge is 2.62. The van der Waals surface area contributed by atoms with Gasteiger partial charge in [-0.15, -0.1) is 0 Å². The number of carboxylic acids is 1. The van der Waals surface area contributed by atoms with Gasteiger partial charge < -0.3 is 19.3 Å². The summed E-state index contributed by atoms with van der Waals surface area (Å²) in [7, 11) is 0. The second-order valence-corrected chi connectivity index (χ2v) is 8.55. The zero-order valence-corrected chi connectivity index (χ0v) is 19.7. The molecular weight excluding hydrogens is 480 g/mol. The highest BCUT2D eigenvalue weighted by Crippen LogP contribution is 2.51. The molecule has 0 bridgehead atoms. The summed E-state index contributed by atoms with van der Waals surface area (Å²) in [6, 6.07) is 8.30. The van der Waals surface area contributed by atoms with Gasteiger partial charge >= 0.3 is 17.9 Å². The molecule has 0 radical (unpaired) electrons. The minimum Gasteiger partial charge on any atom is -0.478 e. The van der Waals surface area contributed by atoms with Crippen LogP contribution < -0.4 is 0 Å². The van der Waals surface area contributed by atoms with Gasteiger partial charge in [0, 0.05) is 13.8 Å². The molecule has 5 rings (SSSR count). The van der Waals surface area contributed by atoms with Crippen LogP contribution in [0.5, 0.6) is 0 Å². The van der Waals surface area contributed by atoms with Crippen molar-refractivity contribution < 1.29 is 33.7 Å². The van der Waals surface area contributed by atoms with Gasteiger partial charge in [-0.3, -0.25) is 14.2 Å². The van der Waals surface area contributed by atoms with Crippen molar-refractivity contribution in [3.63, 3.8) is 0 Å². The highest BCUT2D eigenvalue weighted by molar-refractivity contribution is 6.33. The molecule has 1 aliphatic carbocycles. The molecule has 1 aliphatic heterocycles. The first-order valence-corrected chi connectivity index (χ1v) is 11.2. The molecule has 0 amide bonds. The molecule has 11 nitrogen and oxygen atoms in total. The van der Waals surface area contributed by atoms with Crippen LogP contribution in [-0.2, 0) is 23.8 Å². The number of aromatic nitrogens is 4. The zero-order valence-electron chi connectivity index (χ0n) is 19.0. The predicted octanol–water partition coefficient (Wildman–Crippen LogP) is 3.18. The van der Waals surface area contributed by atoms with E-state index in [1.165, 1.54) is 26.5 Å². The summed E-state index contributed by atoms with van der Waals surface area (Å²) in [6.07, 6.45) is 2.94. The number of ether oxygens (including phenoxy) is 3. The molecule has 12 heteroatoms. The molecule has 1 N–H and O–H groups in total. The van der Waals surface area contributed by atoms with Crippen molar-refractivity contribution >= 4 is 40.7 Å². The minimum atomic E-state index is -0.879. The number of benzene rings is 1. The molecule has 3 atom stereocenters. The van der Waals surface area contributed by atoms with E-state index in [1.807, 2.05) is 0 Å². The number of fused-ring (bicyclic) bond motifs is 1. The lowest BCUT2D eigenvalue weighted by molar-refractivity contribution is -0.177. The van der Waals surface area contributed by atoms with Crippen LogP contribution >= 0.6 is 11.6 Å². The Morgan fingerprint density at radius 3 is 2.31 bits per heavy atom. The van der Waals surface area contributed by atoms with Crippen LogP contribution in [0.1, 0.15) is 49.7 Å². The summed E-state index contributed by atoms with van der Waals surface area (Å²) in [4.78, 5) is 45.9. The number of carbonyl (C=O) groups excluding carboxylic acids is 2. The number of esters is 2. The Morgan fingerprint density at radius 2 is 1.77 bits per heavy atom. The maximum atomic E-state index is 11.7. The van der Waals surface area contributed by atoms with E-state index in [9.17, 15) is 14.4 Å². The molecule has 2 aromatic heterocycles. The summed E-state index contributed by atoms with van der Waals surface area (Å²) in [5, 5.41) is 8.60. The number of nitrogens with zero attached hydrogens (tertiary/aromatic N) is 4. The van der Waals surface area contributed by atoms with Crippen molar-refractivity contribution in [3.05, 3.63) is 53.7 Å². The Bertz CT molecular complexity index is 1250. The van der Waals surface area contributed by atoms with E-state index in [0.29, 0.717) is 29.6 Å². The summed E-state index contributed by atoms with van der Waals surface area (Å²) in [5.74, 6) is -1.83. The van der Waals surface area contributed by atoms with Gasteiger partial charge in [-0.1, -0.05) is 29.8 Å². The fraction of sp³-hybridized carbons (Fsp3) is 0.391. The van der Waals surface area contributed by atoms with Crippen LogP contribution in [0.25, 0.3) is 11.2 Å². The van der Waals surface area contributed by atoms with Crippen molar-refractivity contribution in [1.29, 1.82) is 0 Å². The Balaban J connectivity index is 0.000000271. The number of carboxylic acid groups (broad SMARTS) is 1. The average molecular weight is 503 g/mol. The number of rotatable bonds is 4. The lowest BCUT2D eigenvalue weighted by Crippen LogP contribution is -2.51. The molecule has 184 valence electrons. The molecule has 35 heavy (non-hydrogen) atoms. The summed E-state index contributed by atoms with van der Waals surface area (Å²) in [5.41, 5.74) is 0.518. The van der Waals surface area contributed by atoms with E-state index in [1.54, 1.807) is 34.9 Å². The van der Waals surface area contributed by atoms with Gasteiger partial charge in [0.15, 0.2) is 29.2 Å². The van der Waals surface area contributed by atoms with Crippen molar-refractivity contribution in [1.82, 2.24) is 19.5 Å². The first-order chi connectivity index (χ1) is 16.7. The van der Waals surface area contributed by atoms with E-state index < -0.39 is 41.9 Å². The van der Waals surface area contributed by atoms with Crippen LogP contribution in [0, 0.1) is 0 Å². The van der Waals surface area contributed by atoms with E-state index in [2.05, 4.69) is 15.0 Å². The maximum absolute atomic E-state index is 11.7. The van der Waals surface area contributed by atoms with Crippen LogP contribution in [0.2, 0.25) is 5.15 Å². The number of hydrogen-bond acceptors (Lipinski definition) is 9. The van der Waals surface area contributed by atoms with E-state index in [-0.39, 0.29) is 5.15 Å². The number of carbonyl (C=O) groups is 3. The second kappa shape index (κ2) is 9.96. The molecule has 3 heterocycles. The molecule has 1 spiro atoms. The zero-order chi connectivity index (χ0) is 25.2. The molecule has 2 fully saturated rings. The third-order valence-electron chi connectivity index (χ3n) is 5.86. The monoisotopic (exact) mass is 502 g/mol. The molecule has 3 aromatic rings. The smallest absolute Gasteiger partial charge is 0.335 e. The minimum absolute atomic E-state index is 0.214. The largest absolute Gasteiger partial charge is 0.478 e. The third kappa shape index (κ3) is 4.96. The van der Waals surface area contributed by atoms with E-state index >= 15 is 0 Å². The van der Waals surface area contributed by atoms with Gasteiger partial charge in [0.2, 0.25) is 0 Å². The fourth-order valence-corrected chi connectivity index (χ4v) is 4.40. The quantitative estimate of drug-likeness (QED) is 0.417. The number of halogens is 1. The van der Waals surface area contributed by atoms with E-state index in [0.717, 1.165) is 6.42 Å². The topological polar surface area (TPSA) is 143 Å². The van der Waals surface area contributed by atoms with Gasteiger partial charge in [0.05, 0.1) is 11.9 Å². The van der Waals surface area contributed by atoms with Gasteiger partial charge in [-0.25, -0.2) is 19.7 Å². The van der Waals surface area contributed by atoms with E-state index in [4.69, 9.17) is 30.9 Å². The normalized spacial score (nSPS) is 22.1. The van der Waals surface area contributed by atoms with Gasteiger partial charge in [-0.2, -0.15) is 0 Å². The van der Waals surface area contributed by atoms with Crippen molar-refractivity contribution in [2.45, 2.75) is 57.1 Å². The van der Waals surface area contributed by atoms with Crippen LogP contribution in [0.4, 0.5) is 0 Å². The van der Waals surface area contributed by atoms with Crippen molar-refractivity contribution in [3.8, 4) is 0 Å². The maximum Gasteiger partial charge on any atom is 0.335 e. The average Bonchev–Trinajstić information content (AvgIpc) is 3.35. The second-order valence-electron chi connectivity index (χ2n) is 8.19.